The van der Waals surface area contributed by atoms with Gasteiger partial charge in [0.1, 0.15) is 11.4 Å². The second-order valence-corrected chi connectivity index (χ2v) is 9.59. The molecule has 0 spiro atoms. The average Bonchev–Trinajstić information content (AvgIpc) is 3.32. The number of phenolic OH excluding ortho intramolecular Hbond substituents is 1. The van der Waals surface area contributed by atoms with E-state index in [4.69, 9.17) is 4.74 Å². The summed E-state index contributed by atoms with van der Waals surface area (Å²) < 4.78 is 6.05. The van der Waals surface area contributed by atoms with Gasteiger partial charge in [-0.1, -0.05) is 43.1 Å². The third kappa shape index (κ3) is 2.80. The van der Waals surface area contributed by atoms with Gasteiger partial charge in [0.25, 0.3) is 0 Å². The van der Waals surface area contributed by atoms with Crippen molar-refractivity contribution in [2.24, 2.45) is 17.3 Å². The summed E-state index contributed by atoms with van der Waals surface area (Å²) >= 11 is 0. The molecule has 0 radical (unpaired) electrons. The molecule has 6 atom stereocenters. The molecule has 1 aromatic rings. The number of hydrogen-bond acceptors (Lipinski definition) is 3. The van der Waals surface area contributed by atoms with Gasteiger partial charge < -0.3 is 14.9 Å². The van der Waals surface area contributed by atoms with Gasteiger partial charge >= 0.3 is 0 Å². The van der Waals surface area contributed by atoms with Crippen molar-refractivity contribution in [3.63, 3.8) is 0 Å². The number of aliphatic hydroxyl groups is 1. The maximum atomic E-state index is 11.7. The Morgan fingerprint density at radius 2 is 2.10 bits per heavy atom. The van der Waals surface area contributed by atoms with Gasteiger partial charge in [0.05, 0.1) is 6.10 Å². The highest BCUT2D eigenvalue weighted by Gasteiger charge is 2.63. The van der Waals surface area contributed by atoms with E-state index in [0.717, 1.165) is 44.1 Å². The summed E-state index contributed by atoms with van der Waals surface area (Å²) in [5.74, 6) is 8.20. The minimum absolute atomic E-state index is 0.0589. The molecule has 0 heterocycles. The van der Waals surface area contributed by atoms with Crippen molar-refractivity contribution in [3.8, 4) is 17.6 Å². The largest absolute Gasteiger partial charge is 0.508 e. The summed E-state index contributed by atoms with van der Waals surface area (Å²) in [5, 5.41) is 21.7. The number of aromatic hydroxyl groups is 1. The molecule has 1 aromatic carbocycles. The Morgan fingerprint density at radius 3 is 2.86 bits per heavy atom. The Kier molecular flexibility index (Phi) is 4.42. The van der Waals surface area contributed by atoms with Crippen molar-refractivity contribution >= 4 is 0 Å². The molecule has 152 valence electrons. The van der Waals surface area contributed by atoms with Gasteiger partial charge in [0.2, 0.25) is 0 Å². The lowest BCUT2D eigenvalue weighted by atomic mass is 9.52. The zero-order chi connectivity index (χ0) is 20.2. The van der Waals surface area contributed by atoms with Crippen LogP contribution in [0.4, 0.5) is 0 Å². The predicted molar refractivity (Wildman–Crippen MR) is 113 cm³/mol. The topological polar surface area (TPSA) is 49.7 Å². The van der Waals surface area contributed by atoms with Gasteiger partial charge in [-0.2, -0.15) is 0 Å². The Bertz CT molecular complexity index is 948. The molecule has 4 aliphatic carbocycles. The van der Waals surface area contributed by atoms with Crippen LogP contribution in [0.1, 0.15) is 56.1 Å². The van der Waals surface area contributed by atoms with Crippen LogP contribution in [0.15, 0.2) is 42.0 Å². The number of methoxy groups -OCH3 is 1. The van der Waals surface area contributed by atoms with Crippen molar-refractivity contribution in [1.82, 2.24) is 0 Å². The summed E-state index contributed by atoms with van der Waals surface area (Å²) in [6, 6.07) is 5.82. The molecule has 0 saturated heterocycles. The fourth-order valence-electron chi connectivity index (χ4n) is 6.78. The standard InChI is InChI=1S/C26H30O3/c1-25-16-23(29-2)24-20-10-8-19(27)15-18(20)7-9-21(24)22(25)12-14-26(25,28)13-11-17-5-3-4-6-17/h3-5,8,10,15,21-24,27-28H,6-7,9,12,14,16H2,1-2H3/t21-,22-,23-,24+,25-,26-/m0/s1. The number of allylic oxidation sites excluding steroid dienone is 4. The predicted octanol–water partition coefficient (Wildman–Crippen LogP) is 4.49. The van der Waals surface area contributed by atoms with Crippen molar-refractivity contribution in [3.05, 3.63) is 53.1 Å². The maximum Gasteiger partial charge on any atom is 0.131 e. The van der Waals surface area contributed by atoms with E-state index >= 15 is 0 Å². The molecule has 0 amide bonds. The first-order valence-corrected chi connectivity index (χ1v) is 10.9. The fourth-order valence-corrected chi connectivity index (χ4v) is 6.78. The Labute approximate surface area is 173 Å². The van der Waals surface area contributed by atoms with E-state index in [2.05, 4.69) is 30.9 Å². The van der Waals surface area contributed by atoms with Crippen LogP contribution in [0.25, 0.3) is 0 Å². The number of aryl methyl sites for hydroxylation is 1. The van der Waals surface area contributed by atoms with Crippen molar-refractivity contribution in [1.29, 1.82) is 0 Å². The Morgan fingerprint density at radius 1 is 1.24 bits per heavy atom. The monoisotopic (exact) mass is 390 g/mol. The number of hydrogen-bond donors (Lipinski definition) is 2. The molecule has 4 aliphatic rings. The number of phenols is 1. The molecule has 2 saturated carbocycles. The highest BCUT2D eigenvalue weighted by Crippen LogP contribution is 2.64. The van der Waals surface area contributed by atoms with E-state index in [9.17, 15) is 10.2 Å². The molecule has 5 rings (SSSR count). The van der Waals surface area contributed by atoms with Crippen LogP contribution in [0.3, 0.4) is 0 Å². The molecular weight excluding hydrogens is 360 g/mol. The Hall–Kier alpha value is -2.02. The van der Waals surface area contributed by atoms with Gasteiger partial charge in [0.15, 0.2) is 0 Å². The highest BCUT2D eigenvalue weighted by molar-refractivity contribution is 5.43. The number of rotatable bonds is 1. The summed E-state index contributed by atoms with van der Waals surface area (Å²) in [6.07, 6.45) is 11.8. The smallest absolute Gasteiger partial charge is 0.131 e. The van der Waals surface area contributed by atoms with Crippen molar-refractivity contribution in [2.45, 2.75) is 63.1 Å². The maximum absolute atomic E-state index is 11.7. The van der Waals surface area contributed by atoms with Crippen LogP contribution in [0.2, 0.25) is 0 Å². The molecule has 0 aromatic heterocycles. The van der Waals surface area contributed by atoms with Gasteiger partial charge in [-0.15, -0.1) is 0 Å². The lowest BCUT2D eigenvalue weighted by Gasteiger charge is -2.54. The zero-order valence-corrected chi connectivity index (χ0v) is 17.3. The minimum Gasteiger partial charge on any atom is -0.508 e. The Balaban J connectivity index is 1.51. The normalized spacial score (nSPS) is 39.8. The van der Waals surface area contributed by atoms with Gasteiger partial charge in [-0.3, -0.25) is 0 Å². The lowest BCUT2D eigenvalue weighted by molar-refractivity contribution is -0.116. The summed E-state index contributed by atoms with van der Waals surface area (Å²) in [7, 11) is 1.80. The van der Waals surface area contributed by atoms with E-state index in [1.54, 1.807) is 7.11 Å². The van der Waals surface area contributed by atoms with E-state index in [1.807, 2.05) is 24.3 Å². The summed E-state index contributed by atoms with van der Waals surface area (Å²) in [4.78, 5) is 0. The van der Waals surface area contributed by atoms with Crippen molar-refractivity contribution in [2.75, 3.05) is 7.11 Å². The molecule has 3 heteroatoms. The van der Waals surface area contributed by atoms with E-state index in [0.29, 0.717) is 23.5 Å². The quantitative estimate of drug-likeness (QED) is 0.695. The second-order valence-electron chi connectivity index (χ2n) is 9.59. The fraction of sp³-hybridized carbons (Fsp3) is 0.538. The molecule has 0 unspecified atom stereocenters. The second kappa shape index (κ2) is 6.76. The van der Waals surface area contributed by atoms with Crippen LogP contribution in [-0.4, -0.2) is 29.0 Å². The van der Waals surface area contributed by atoms with Crippen LogP contribution < -0.4 is 0 Å². The van der Waals surface area contributed by atoms with Crippen LogP contribution in [0.5, 0.6) is 5.75 Å². The van der Waals surface area contributed by atoms with Gasteiger partial charge in [-0.05, 0) is 73.6 Å². The highest BCUT2D eigenvalue weighted by atomic mass is 16.5. The molecule has 2 N–H and O–H groups in total. The van der Waals surface area contributed by atoms with Crippen LogP contribution in [-0.2, 0) is 11.2 Å². The van der Waals surface area contributed by atoms with Crippen LogP contribution >= 0.6 is 0 Å². The van der Waals surface area contributed by atoms with Crippen molar-refractivity contribution < 1.29 is 14.9 Å². The zero-order valence-electron chi connectivity index (χ0n) is 17.3. The molecule has 3 nitrogen and oxygen atoms in total. The average molecular weight is 391 g/mol. The number of ether oxygens (including phenoxy) is 1. The molecule has 29 heavy (non-hydrogen) atoms. The SMILES string of the molecule is CO[C@H]1C[C@@]2(C)[C@@H](CC[C@@]2(O)C#CC2=CC=CC2)[C@@H]2CCc3cc(O)ccc3[C@H]21. The number of fused-ring (bicyclic) bond motifs is 5. The third-order valence-corrected chi connectivity index (χ3v) is 8.32. The first-order chi connectivity index (χ1) is 13.9. The summed E-state index contributed by atoms with van der Waals surface area (Å²) in [6.45, 7) is 2.25. The van der Waals surface area contributed by atoms with Gasteiger partial charge in [-0.25, -0.2) is 0 Å². The molecular formula is C26H30O3. The summed E-state index contributed by atoms with van der Waals surface area (Å²) in [5.41, 5.74) is 2.46. The third-order valence-electron chi connectivity index (χ3n) is 8.32. The molecule has 2 fully saturated rings. The first kappa shape index (κ1) is 19.0. The molecule has 0 bridgehead atoms. The van der Waals surface area contributed by atoms with Crippen LogP contribution in [0, 0.1) is 29.1 Å². The van der Waals surface area contributed by atoms with E-state index in [1.165, 1.54) is 11.1 Å². The first-order valence-electron chi connectivity index (χ1n) is 10.9. The lowest BCUT2D eigenvalue weighted by Crippen LogP contribution is -2.55. The van der Waals surface area contributed by atoms with E-state index < -0.39 is 5.60 Å². The number of benzene rings is 1. The van der Waals surface area contributed by atoms with Gasteiger partial charge in [0, 0.05) is 24.0 Å². The van der Waals surface area contributed by atoms with E-state index in [-0.39, 0.29) is 11.5 Å². The minimum atomic E-state index is -0.960. The molecule has 0 aliphatic heterocycles.